The first-order valence-electron chi connectivity index (χ1n) is 12.9. The lowest BCUT2D eigenvalue weighted by molar-refractivity contribution is 0.0954. The fourth-order valence-electron chi connectivity index (χ4n) is 4.07. The van der Waals surface area contributed by atoms with Crippen LogP contribution in [0.5, 0.6) is 17.2 Å². The van der Waals surface area contributed by atoms with Gasteiger partial charge in [-0.15, -0.1) is 0 Å². The molecule has 0 atom stereocenters. The van der Waals surface area contributed by atoms with Crippen LogP contribution in [0, 0.1) is 0 Å². The van der Waals surface area contributed by atoms with Crippen LogP contribution in [0.4, 0.5) is 5.69 Å². The summed E-state index contributed by atoms with van der Waals surface area (Å²) < 4.78 is 44.3. The zero-order chi connectivity index (χ0) is 28.9. The molecule has 0 radical (unpaired) electrons. The Balaban J connectivity index is 1.73. The number of amides is 1. The molecule has 0 aliphatic rings. The van der Waals surface area contributed by atoms with Crippen LogP contribution in [0.25, 0.3) is 11.0 Å². The molecule has 0 aliphatic heterocycles. The van der Waals surface area contributed by atoms with E-state index >= 15 is 0 Å². The highest BCUT2D eigenvalue weighted by atomic mass is 32.2. The van der Waals surface area contributed by atoms with E-state index in [1.165, 1.54) is 33.4 Å². The van der Waals surface area contributed by atoms with Gasteiger partial charge in [0.05, 0.1) is 28.2 Å². The van der Waals surface area contributed by atoms with Gasteiger partial charge in [-0.25, -0.2) is 13.2 Å². The first kappa shape index (κ1) is 28.7. The van der Waals surface area contributed by atoms with E-state index in [-0.39, 0.29) is 40.7 Å². The molecule has 4 N–H and O–H groups in total. The molecular formula is C28H33N5O6S. The molecule has 11 nitrogen and oxygen atoms in total. The van der Waals surface area contributed by atoms with Gasteiger partial charge in [-0.2, -0.15) is 0 Å². The molecule has 3 aromatic carbocycles. The van der Waals surface area contributed by atoms with Crippen LogP contribution in [-0.2, 0) is 24.1 Å². The summed E-state index contributed by atoms with van der Waals surface area (Å²) in [5.41, 5.74) is 6.52. The molecule has 0 fully saturated rings. The number of carbonyl (C=O) groups is 1. The molecule has 0 spiro atoms. The van der Waals surface area contributed by atoms with E-state index in [2.05, 4.69) is 17.0 Å². The molecular weight excluding hydrogens is 534 g/mol. The standard InChI is InChI=1S/C28H33N5O6S/c1-4-5-14-38-20-9-7-10-21(16-20)39-26-18-25-24(32(2)28(35)33(25)3)17-23(26)31-40(36,37)22-11-6-8-19(15-22)27(34)30-13-12-29/h6-11,15-18,31H,4-5,12-14,29H2,1-3H3,(H,30,34). The molecule has 1 amide bonds. The van der Waals surface area contributed by atoms with Gasteiger partial charge in [0.15, 0.2) is 5.75 Å². The summed E-state index contributed by atoms with van der Waals surface area (Å²) in [6.07, 6.45) is 1.91. The SMILES string of the molecule is CCCCOc1cccc(Oc2cc3c(cc2NS(=O)(=O)c2cccc(C(=O)NCCN)c2)n(C)c(=O)n3C)c1. The Morgan fingerprint density at radius 2 is 1.68 bits per heavy atom. The zero-order valence-electron chi connectivity index (χ0n) is 22.6. The molecule has 40 heavy (non-hydrogen) atoms. The maximum Gasteiger partial charge on any atom is 0.328 e. The number of nitrogens with two attached hydrogens (primary N) is 1. The van der Waals surface area contributed by atoms with Crippen molar-refractivity contribution >= 4 is 32.7 Å². The number of aryl methyl sites for hydroxylation is 2. The molecule has 0 unspecified atom stereocenters. The summed E-state index contributed by atoms with van der Waals surface area (Å²) in [5.74, 6) is 0.785. The Bertz CT molecular complexity index is 1690. The summed E-state index contributed by atoms with van der Waals surface area (Å²) in [4.78, 5) is 24.9. The number of ether oxygens (including phenoxy) is 2. The molecule has 4 aromatic rings. The minimum Gasteiger partial charge on any atom is -0.493 e. The normalized spacial score (nSPS) is 11.4. The highest BCUT2D eigenvalue weighted by molar-refractivity contribution is 7.92. The number of fused-ring (bicyclic) bond motifs is 1. The van der Waals surface area contributed by atoms with Crippen LogP contribution in [-0.4, -0.2) is 43.2 Å². The van der Waals surface area contributed by atoms with Crippen molar-refractivity contribution < 1.29 is 22.7 Å². The van der Waals surface area contributed by atoms with Crippen LogP contribution in [0.2, 0.25) is 0 Å². The monoisotopic (exact) mass is 567 g/mol. The van der Waals surface area contributed by atoms with Gasteiger partial charge in [-0.1, -0.05) is 25.5 Å². The lowest BCUT2D eigenvalue weighted by Gasteiger charge is -2.15. The third-order valence-corrected chi connectivity index (χ3v) is 7.62. The molecule has 0 saturated heterocycles. The summed E-state index contributed by atoms with van der Waals surface area (Å²) >= 11 is 0. The van der Waals surface area contributed by atoms with Crippen molar-refractivity contribution in [3.05, 3.63) is 76.7 Å². The average molecular weight is 568 g/mol. The summed E-state index contributed by atoms with van der Waals surface area (Å²) in [7, 11) is -0.938. The van der Waals surface area contributed by atoms with Crippen molar-refractivity contribution in [2.75, 3.05) is 24.4 Å². The van der Waals surface area contributed by atoms with Gasteiger partial charge < -0.3 is 20.5 Å². The Hall–Kier alpha value is -4.29. The fraction of sp³-hybridized carbons (Fsp3) is 0.286. The molecule has 0 saturated carbocycles. The largest absolute Gasteiger partial charge is 0.493 e. The van der Waals surface area contributed by atoms with Gasteiger partial charge >= 0.3 is 5.69 Å². The van der Waals surface area contributed by atoms with Crippen LogP contribution in [0.3, 0.4) is 0 Å². The number of aromatic nitrogens is 2. The van der Waals surface area contributed by atoms with Crippen molar-refractivity contribution in [2.24, 2.45) is 19.8 Å². The Labute approximate surface area is 232 Å². The Morgan fingerprint density at radius 3 is 2.40 bits per heavy atom. The molecule has 4 rings (SSSR count). The van der Waals surface area contributed by atoms with E-state index in [1.54, 1.807) is 44.4 Å². The third kappa shape index (κ3) is 6.29. The molecule has 1 aromatic heterocycles. The van der Waals surface area contributed by atoms with Crippen molar-refractivity contribution in [3.63, 3.8) is 0 Å². The van der Waals surface area contributed by atoms with Gasteiger partial charge in [0, 0.05) is 44.9 Å². The lowest BCUT2D eigenvalue weighted by Crippen LogP contribution is -2.29. The number of unbranched alkanes of at least 4 members (excludes halogenated alkanes) is 1. The minimum atomic E-state index is -4.17. The van der Waals surface area contributed by atoms with Crippen LogP contribution in [0.15, 0.2) is 70.4 Å². The van der Waals surface area contributed by atoms with E-state index in [0.717, 1.165) is 12.8 Å². The maximum atomic E-state index is 13.5. The smallest absolute Gasteiger partial charge is 0.328 e. The van der Waals surface area contributed by atoms with Gasteiger partial charge in [0.2, 0.25) is 0 Å². The van der Waals surface area contributed by atoms with E-state index in [9.17, 15) is 18.0 Å². The number of carbonyl (C=O) groups excluding carboxylic acids is 1. The number of imidazole rings is 1. The van der Waals surface area contributed by atoms with Crippen LogP contribution >= 0.6 is 0 Å². The predicted octanol–water partition coefficient (Wildman–Crippen LogP) is 3.34. The first-order valence-corrected chi connectivity index (χ1v) is 14.3. The quantitative estimate of drug-likeness (QED) is 0.223. The molecule has 12 heteroatoms. The lowest BCUT2D eigenvalue weighted by atomic mass is 10.2. The van der Waals surface area contributed by atoms with Crippen LogP contribution < -0.4 is 30.9 Å². The Morgan fingerprint density at radius 1 is 0.975 bits per heavy atom. The van der Waals surface area contributed by atoms with Gasteiger partial charge in [0.1, 0.15) is 11.5 Å². The summed E-state index contributed by atoms with van der Waals surface area (Å²) in [6, 6.07) is 15.8. The molecule has 1 heterocycles. The van der Waals surface area contributed by atoms with Gasteiger partial charge in [0.25, 0.3) is 15.9 Å². The van der Waals surface area contributed by atoms with Crippen molar-refractivity contribution in [1.29, 1.82) is 0 Å². The number of hydrogen-bond donors (Lipinski definition) is 3. The van der Waals surface area contributed by atoms with E-state index in [4.69, 9.17) is 15.2 Å². The highest BCUT2D eigenvalue weighted by Gasteiger charge is 2.21. The second kappa shape index (κ2) is 12.3. The first-order chi connectivity index (χ1) is 19.1. The summed E-state index contributed by atoms with van der Waals surface area (Å²) in [6.45, 7) is 3.15. The third-order valence-electron chi connectivity index (χ3n) is 6.25. The number of nitrogens with zero attached hydrogens (tertiary/aromatic N) is 2. The Kier molecular flexibility index (Phi) is 8.80. The van der Waals surface area contributed by atoms with E-state index in [1.807, 2.05) is 6.07 Å². The predicted molar refractivity (Wildman–Crippen MR) is 154 cm³/mol. The molecule has 212 valence electrons. The van der Waals surface area contributed by atoms with Crippen molar-refractivity contribution in [3.8, 4) is 17.2 Å². The fourth-order valence-corrected chi connectivity index (χ4v) is 5.18. The van der Waals surface area contributed by atoms with Crippen molar-refractivity contribution in [2.45, 2.75) is 24.7 Å². The van der Waals surface area contributed by atoms with Crippen molar-refractivity contribution in [1.82, 2.24) is 14.5 Å². The highest BCUT2D eigenvalue weighted by Crippen LogP contribution is 2.36. The number of sulfonamides is 1. The number of benzene rings is 3. The van der Waals surface area contributed by atoms with Gasteiger partial charge in [-0.3, -0.25) is 18.7 Å². The molecule has 0 bridgehead atoms. The zero-order valence-corrected chi connectivity index (χ0v) is 23.5. The minimum absolute atomic E-state index is 0.115. The van der Waals surface area contributed by atoms with Crippen LogP contribution in [0.1, 0.15) is 30.1 Å². The van der Waals surface area contributed by atoms with E-state index in [0.29, 0.717) is 29.1 Å². The number of anilines is 1. The van der Waals surface area contributed by atoms with Gasteiger partial charge in [-0.05, 0) is 42.8 Å². The van der Waals surface area contributed by atoms with E-state index < -0.39 is 15.9 Å². The second-order valence-electron chi connectivity index (χ2n) is 9.19. The molecule has 0 aliphatic carbocycles. The second-order valence-corrected chi connectivity index (χ2v) is 10.9. The topological polar surface area (TPSA) is 147 Å². The number of hydrogen-bond acceptors (Lipinski definition) is 7. The average Bonchev–Trinajstić information content (AvgIpc) is 3.15. The maximum absolute atomic E-state index is 13.5. The number of nitrogens with one attached hydrogen (secondary N) is 2. The number of rotatable bonds is 12. The summed E-state index contributed by atoms with van der Waals surface area (Å²) in [5, 5.41) is 2.62.